The summed E-state index contributed by atoms with van der Waals surface area (Å²) in [7, 11) is 0. The van der Waals surface area contributed by atoms with Crippen LogP contribution < -0.4 is 5.32 Å². The van der Waals surface area contributed by atoms with E-state index in [-0.39, 0.29) is 10.8 Å². The molecule has 16 heavy (non-hydrogen) atoms. The molecular weight excluding hydrogens is 236 g/mol. The number of rotatable bonds is 2. The molecule has 0 saturated carbocycles. The lowest BCUT2D eigenvalue weighted by molar-refractivity contribution is 0.485. The summed E-state index contributed by atoms with van der Waals surface area (Å²) in [4.78, 5) is 6.23. The molecular formula is C10H6ClF2N3. The van der Waals surface area contributed by atoms with E-state index >= 15 is 0 Å². The van der Waals surface area contributed by atoms with Crippen molar-refractivity contribution in [2.45, 2.75) is 0 Å². The standard InChI is InChI=1S/C10H6ClF2N3/c11-7-8(12)15-10(13)16-9(7)14-6-4-2-1-3-5-6/h1-5H,(H,14,15,16). The molecule has 1 N–H and O–H groups in total. The van der Waals surface area contributed by atoms with Gasteiger partial charge in [-0.05, 0) is 12.1 Å². The van der Waals surface area contributed by atoms with E-state index in [2.05, 4.69) is 15.3 Å². The van der Waals surface area contributed by atoms with Gasteiger partial charge in [-0.1, -0.05) is 29.8 Å². The third-order valence-electron chi connectivity index (χ3n) is 1.82. The Labute approximate surface area is 95.1 Å². The highest BCUT2D eigenvalue weighted by molar-refractivity contribution is 6.33. The van der Waals surface area contributed by atoms with E-state index in [9.17, 15) is 8.78 Å². The topological polar surface area (TPSA) is 37.8 Å². The molecule has 0 aliphatic rings. The lowest BCUT2D eigenvalue weighted by Gasteiger charge is -2.06. The number of benzene rings is 1. The molecule has 0 fully saturated rings. The molecule has 0 atom stereocenters. The van der Waals surface area contributed by atoms with Crippen molar-refractivity contribution >= 4 is 23.1 Å². The van der Waals surface area contributed by atoms with Crippen molar-refractivity contribution in [1.82, 2.24) is 9.97 Å². The van der Waals surface area contributed by atoms with Crippen LogP contribution in [0.15, 0.2) is 30.3 Å². The summed E-state index contributed by atoms with van der Waals surface area (Å²) in [6.45, 7) is 0. The van der Waals surface area contributed by atoms with E-state index < -0.39 is 12.0 Å². The largest absolute Gasteiger partial charge is 0.339 e. The van der Waals surface area contributed by atoms with E-state index in [0.29, 0.717) is 5.69 Å². The fourth-order valence-electron chi connectivity index (χ4n) is 1.14. The lowest BCUT2D eigenvalue weighted by Crippen LogP contribution is -2.01. The predicted octanol–water partition coefficient (Wildman–Crippen LogP) is 3.15. The zero-order chi connectivity index (χ0) is 11.5. The van der Waals surface area contributed by atoms with Gasteiger partial charge in [-0.3, -0.25) is 0 Å². The Morgan fingerprint density at radius 2 is 1.75 bits per heavy atom. The number of aromatic nitrogens is 2. The molecule has 0 aliphatic carbocycles. The maximum Gasteiger partial charge on any atom is 0.313 e. The first-order valence-corrected chi connectivity index (χ1v) is 4.75. The Balaban J connectivity index is 2.35. The lowest BCUT2D eigenvalue weighted by atomic mass is 10.3. The summed E-state index contributed by atoms with van der Waals surface area (Å²) in [5.74, 6) is -1.19. The van der Waals surface area contributed by atoms with E-state index in [1.165, 1.54) is 0 Å². The molecule has 0 bridgehead atoms. The Hall–Kier alpha value is -1.75. The molecule has 2 rings (SSSR count). The van der Waals surface area contributed by atoms with E-state index in [1.54, 1.807) is 24.3 Å². The van der Waals surface area contributed by atoms with Crippen LogP contribution in [-0.4, -0.2) is 9.97 Å². The second-order valence-corrected chi connectivity index (χ2v) is 3.32. The van der Waals surface area contributed by atoms with Gasteiger partial charge < -0.3 is 5.32 Å². The quantitative estimate of drug-likeness (QED) is 0.648. The second kappa shape index (κ2) is 4.40. The van der Waals surface area contributed by atoms with Gasteiger partial charge in [0.15, 0.2) is 5.82 Å². The van der Waals surface area contributed by atoms with Crippen molar-refractivity contribution in [2.24, 2.45) is 0 Å². The van der Waals surface area contributed by atoms with Gasteiger partial charge in [0.2, 0.25) is 5.95 Å². The van der Waals surface area contributed by atoms with Crippen LogP contribution in [0.2, 0.25) is 5.02 Å². The summed E-state index contributed by atoms with van der Waals surface area (Å²) in [6, 6.07) is 8.78. The Bertz CT molecular complexity index is 505. The summed E-state index contributed by atoms with van der Waals surface area (Å²) in [6.07, 6.45) is -1.17. The third kappa shape index (κ3) is 2.25. The van der Waals surface area contributed by atoms with Crippen LogP contribution in [0.5, 0.6) is 0 Å². The molecule has 0 saturated heterocycles. The van der Waals surface area contributed by atoms with Gasteiger partial charge >= 0.3 is 6.08 Å². The van der Waals surface area contributed by atoms with Crippen molar-refractivity contribution in [2.75, 3.05) is 5.32 Å². The number of halogens is 3. The molecule has 1 aromatic carbocycles. The summed E-state index contributed by atoms with van der Waals surface area (Å²) in [5.41, 5.74) is 0.627. The number of nitrogens with one attached hydrogen (secondary N) is 1. The number of anilines is 2. The van der Waals surface area contributed by atoms with Gasteiger partial charge in [-0.2, -0.15) is 18.7 Å². The van der Waals surface area contributed by atoms with Crippen LogP contribution in [0, 0.1) is 12.0 Å². The van der Waals surface area contributed by atoms with Crippen LogP contribution in [0.1, 0.15) is 0 Å². The van der Waals surface area contributed by atoms with Gasteiger partial charge in [0, 0.05) is 5.69 Å². The van der Waals surface area contributed by atoms with Crippen molar-refractivity contribution < 1.29 is 8.78 Å². The maximum atomic E-state index is 13.0. The zero-order valence-corrected chi connectivity index (χ0v) is 8.67. The molecule has 1 heterocycles. The van der Waals surface area contributed by atoms with E-state index in [0.717, 1.165) is 0 Å². The minimum Gasteiger partial charge on any atom is -0.339 e. The van der Waals surface area contributed by atoms with Crippen LogP contribution in [0.3, 0.4) is 0 Å². The van der Waals surface area contributed by atoms with Gasteiger partial charge in [0.05, 0.1) is 0 Å². The van der Waals surface area contributed by atoms with Gasteiger partial charge in [-0.25, -0.2) is 0 Å². The summed E-state index contributed by atoms with van der Waals surface area (Å²) in [5, 5.41) is 2.35. The van der Waals surface area contributed by atoms with Crippen LogP contribution in [-0.2, 0) is 0 Å². The smallest absolute Gasteiger partial charge is 0.313 e. The highest BCUT2D eigenvalue weighted by Crippen LogP contribution is 2.24. The molecule has 0 spiro atoms. The fraction of sp³-hybridized carbons (Fsp3) is 0. The van der Waals surface area contributed by atoms with E-state index in [4.69, 9.17) is 11.6 Å². The molecule has 0 amide bonds. The Morgan fingerprint density at radius 1 is 1.06 bits per heavy atom. The minimum atomic E-state index is -1.17. The van der Waals surface area contributed by atoms with Crippen LogP contribution in [0.25, 0.3) is 0 Å². The van der Waals surface area contributed by atoms with Crippen LogP contribution >= 0.6 is 11.6 Å². The number of nitrogens with zero attached hydrogens (tertiary/aromatic N) is 2. The first-order chi connectivity index (χ1) is 7.66. The van der Waals surface area contributed by atoms with Crippen LogP contribution in [0.4, 0.5) is 20.3 Å². The average Bonchev–Trinajstić information content (AvgIpc) is 2.27. The molecule has 0 unspecified atom stereocenters. The average molecular weight is 242 g/mol. The SMILES string of the molecule is Fc1nc(F)c(Cl)c(Nc2ccccc2)n1. The van der Waals surface area contributed by atoms with Crippen molar-refractivity contribution in [3.8, 4) is 0 Å². The normalized spacial score (nSPS) is 10.2. The molecule has 1 aromatic heterocycles. The maximum absolute atomic E-state index is 13.0. The van der Waals surface area contributed by atoms with Gasteiger partial charge in [0.25, 0.3) is 0 Å². The molecule has 3 nitrogen and oxygen atoms in total. The minimum absolute atomic E-state index is 0.0992. The molecule has 6 heteroatoms. The van der Waals surface area contributed by atoms with Gasteiger partial charge in [0.1, 0.15) is 5.02 Å². The first kappa shape index (κ1) is 10.8. The molecule has 0 radical (unpaired) electrons. The molecule has 2 aromatic rings. The highest BCUT2D eigenvalue weighted by atomic mass is 35.5. The summed E-state index contributed by atoms with van der Waals surface area (Å²) < 4.78 is 25.7. The molecule has 0 aliphatic heterocycles. The number of hydrogen-bond acceptors (Lipinski definition) is 3. The number of hydrogen-bond donors (Lipinski definition) is 1. The third-order valence-corrected chi connectivity index (χ3v) is 2.15. The Kier molecular flexibility index (Phi) is 2.96. The van der Waals surface area contributed by atoms with Crippen molar-refractivity contribution in [1.29, 1.82) is 0 Å². The van der Waals surface area contributed by atoms with Gasteiger partial charge in [-0.15, -0.1) is 0 Å². The zero-order valence-electron chi connectivity index (χ0n) is 7.92. The van der Waals surface area contributed by atoms with Crippen molar-refractivity contribution in [3.63, 3.8) is 0 Å². The Morgan fingerprint density at radius 3 is 2.44 bits per heavy atom. The number of para-hydroxylation sites is 1. The van der Waals surface area contributed by atoms with Crippen molar-refractivity contribution in [3.05, 3.63) is 47.4 Å². The molecule has 82 valence electrons. The fourth-order valence-corrected chi connectivity index (χ4v) is 1.27. The predicted molar refractivity (Wildman–Crippen MR) is 56.7 cm³/mol. The highest BCUT2D eigenvalue weighted by Gasteiger charge is 2.12. The first-order valence-electron chi connectivity index (χ1n) is 4.37. The monoisotopic (exact) mass is 241 g/mol. The summed E-state index contributed by atoms with van der Waals surface area (Å²) >= 11 is 5.59. The van der Waals surface area contributed by atoms with E-state index in [1.807, 2.05) is 6.07 Å². The second-order valence-electron chi connectivity index (χ2n) is 2.94.